The fourth-order valence-corrected chi connectivity index (χ4v) is 10.3. The summed E-state index contributed by atoms with van der Waals surface area (Å²) in [6.07, 6.45) is 7.88. The van der Waals surface area contributed by atoms with Crippen molar-refractivity contribution in [2.45, 2.75) is 95.3 Å². The number of carbonyl (C=O) groups excluding carboxylic acids is 4. The van der Waals surface area contributed by atoms with Crippen molar-refractivity contribution in [2.24, 2.45) is 5.92 Å². The molecule has 14 nitrogen and oxygen atoms in total. The minimum Gasteiger partial charge on any atom is -0.453 e. The summed E-state index contributed by atoms with van der Waals surface area (Å²) in [5.41, 5.74) is 12.9. The molecule has 312 valence electrons. The van der Waals surface area contributed by atoms with Crippen molar-refractivity contribution < 1.29 is 28.7 Å². The molecule has 14 heteroatoms. The summed E-state index contributed by atoms with van der Waals surface area (Å²) in [6.45, 7) is 10.6. The molecular formula is C46H52N8O6. The van der Waals surface area contributed by atoms with Gasteiger partial charge in [-0.15, -0.1) is 0 Å². The Morgan fingerprint density at radius 1 is 0.750 bits per heavy atom. The Hall–Kier alpha value is -6.18. The number of allylic oxidation sites excluding steroid dienone is 2. The van der Waals surface area contributed by atoms with E-state index >= 15 is 0 Å². The molecule has 2 aromatic heterocycles. The van der Waals surface area contributed by atoms with Gasteiger partial charge in [-0.3, -0.25) is 9.59 Å². The standard InChI is InChI=1S/C46H52N8O6/c1-23(2)39(51-45(57)59-5)43(55)53-17-7-9-34(53)41-47-21-32(49-41)26-13-11-25(12-14-26)28-15-16-29(38-31-20-27-19-30(36(27)31)37(28)38)33-22-48-42(50-33)35-10-8-18-54(35)44(56)40(24(3)4)52-46(58)60-6/h11-16,21-22,24,30-31,34-35,39-40H,1,7-10,17-20H2,2-6H3,(H,47,49)(H,48,50)(H,51,57)(H,52,58)/t30?,31?,34-,35-,39-,40-/m0/s1. The van der Waals surface area contributed by atoms with Gasteiger partial charge in [-0.1, -0.05) is 68.0 Å². The second-order valence-corrected chi connectivity index (χ2v) is 17.2. The molecule has 0 spiro atoms. The van der Waals surface area contributed by atoms with Crippen LogP contribution < -0.4 is 10.6 Å². The summed E-state index contributed by atoms with van der Waals surface area (Å²) in [6, 6.07) is 11.1. The lowest BCUT2D eigenvalue weighted by Gasteiger charge is -2.41. The van der Waals surface area contributed by atoms with Gasteiger partial charge in [-0.2, -0.15) is 0 Å². The van der Waals surface area contributed by atoms with Gasteiger partial charge >= 0.3 is 12.2 Å². The van der Waals surface area contributed by atoms with E-state index in [1.165, 1.54) is 36.5 Å². The number of alkyl carbamates (subject to hydrolysis) is 2. The van der Waals surface area contributed by atoms with Crippen LogP contribution in [0.5, 0.6) is 0 Å². The number of nitrogens with zero attached hydrogens (tertiary/aromatic N) is 4. The number of aromatic nitrogens is 4. The zero-order chi connectivity index (χ0) is 42.0. The van der Waals surface area contributed by atoms with Crippen LogP contribution in [0.2, 0.25) is 0 Å². The second-order valence-electron chi connectivity index (χ2n) is 17.2. The first-order chi connectivity index (χ1) is 29.0. The smallest absolute Gasteiger partial charge is 0.407 e. The molecule has 60 heavy (non-hydrogen) atoms. The zero-order valence-electron chi connectivity index (χ0n) is 34.8. The first-order valence-electron chi connectivity index (χ1n) is 21.0. The van der Waals surface area contributed by atoms with Crippen LogP contribution >= 0.6 is 0 Å². The van der Waals surface area contributed by atoms with Gasteiger partial charge in [0.1, 0.15) is 23.7 Å². The van der Waals surface area contributed by atoms with E-state index in [0.717, 1.165) is 66.9 Å². The Kier molecular flexibility index (Phi) is 10.1. The number of rotatable bonds is 11. The predicted molar refractivity (Wildman–Crippen MR) is 224 cm³/mol. The van der Waals surface area contributed by atoms with Crippen molar-refractivity contribution in [3.8, 4) is 33.6 Å². The van der Waals surface area contributed by atoms with E-state index in [1.807, 2.05) is 31.1 Å². The maximum atomic E-state index is 13.8. The summed E-state index contributed by atoms with van der Waals surface area (Å²) in [5.74, 6) is 1.87. The van der Waals surface area contributed by atoms with Crippen molar-refractivity contribution in [3.05, 3.63) is 94.9 Å². The van der Waals surface area contributed by atoms with E-state index in [4.69, 9.17) is 19.4 Å². The highest BCUT2D eigenvalue weighted by Gasteiger charge is 2.52. The lowest BCUT2D eigenvalue weighted by molar-refractivity contribution is -0.135. The van der Waals surface area contributed by atoms with Crippen LogP contribution in [0.4, 0.5) is 9.59 Å². The molecule has 0 bridgehead atoms. The fourth-order valence-electron chi connectivity index (χ4n) is 10.3. The van der Waals surface area contributed by atoms with Gasteiger partial charge in [-0.25, -0.2) is 19.6 Å². The number of nitrogens with one attached hydrogen (secondary N) is 4. The van der Waals surface area contributed by atoms with Crippen LogP contribution in [0.25, 0.3) is 33.6 Å². The molecule has 0 radical (unpaired) electrons. The summed E-state index contributed by atoms with van der Waals surface area (Å²) >= 11 is 0. The van der Waals surface area contributed by atoms with Crippen molar-refractivity contribution in [3.63, 3.8) is 0 Å². The van der Waals surface area contributed by atoms with Crippen LogP contribution in [0.1, 0.15) is 106 Å². The number of hydrogen-bond acceptors (Lipinski definition) is 8. The molecule has 6 atom stereocenters. The summed E-state index contributed by atoms with van der Waals surface area (Å²) in [7, 11) is 2.57. The third-order valence-corrected chi connectivity index (χ3v) is 13.3. The summed E-state index contributed by atoms with van der Waals surface area (Å²) in [4.78, 5) is 71.8. The number of carbonyl (C=O) groups is 4. The molecule has 2 aromatic carbocycles. The van der Waals surface area contributed by atoms with Gasteiger partial charge < -0.3 is 39.9 Å². The normalized spacial score (nSPS) is 22.1. The Balaban J connectivity index is 0.955. The third-order valence-electron chi connectivity index (χ3n) is 13.3. The van der Waals surface area contributed by atoms with Gasteiger partial charge in [0.2, 0.25) is 11.8 Å². The van der Waals surface area contributed by atoms with Crippen LogP contribution in [-0.4, -0.2) is 93.1 Å². The number of benzene rings is 2. The molecule has 4 amide bonds. The molecule has 2 aliphatic heterocycles. The topological polar surface area (TPSA) is 175 Å². The van der Waals surface area contributed by atoms with E-state index < -0.39 is 24.3 Å². The van der Waals surface area contributed by atoms with Crippen LogP contribution in [0.3, 0.4) is 0 Å². The maximum absolute atomic E-state index is 13.8. The number of imidazole rings is 2. The molecule has 4 N–H and O–H groups in total. The number of amides is 4. The lowest BCUT2D eigenvalue weighted by Crippen LogP contribution is -2.51. The van der Waals surface area contributed by atoms with Crippen molar-refractivity contribution in [1.82, 2.24) is 40.4 Å². The average molecular weight is 813 g/mol. The van der Waals surface area contributed by atoms with Crippen molar-refractivity contribution in [1.29, 1.82) is 0 Å². The van der Waals surface area contributed by atoms with E-state index in [0.29, 0.717) is 36.3 Å². The maximum Gasteiger partial charge on any atom is 0.407 e. The predicted octanol–water partition coefficient (Wildman–Crippen LogP) is 7.43. The Morgan fingerprint density at radius 2 is 1.28 bits per heavy atom. The molecule has 9 rings (SSSR count). The van der Waals surface area contributed by atoms with Crippen LogP contribution in [0, 0.1) is 5.92 Å². The van der Waals surface area contributed by atoms with Crippen molar-refractivity contribution in [2.75, 3.05) is 27.3 Å². The molecule has 4 heterocycles. The van der Waals surface area contributed by atoms with Gasteiger partial charge in [0.05, 0.1) is 50.1 Å². The molecule has 4 aromatic rings. The first kappa shape index (κ1) is 39.3. The minimum atomic E-state index is -0.882. The Labute approximate surface area is 349 Å². The lowest BCUT2D eigenvalue weighted by atomic mass is 9.63. The zero-order valence-corrected chi connectivity index (χ0v) is 34.8. The van der Waals surface area contributed by atoms with Gasteiger partial charge in [-0.05, 0) is 84.8 Å². The van der Waals surface area contributed by atoms with E-state index in [9.17, 15) is 19.2 Å². The number of H-pyrrole nitrogens is 2. The highest BCUT2D eigenvalue weighted by Crippen LogP contribution is 2.69. The van der Waals surface area contributed by atoms with E-state index in [-0.39, 0.29) is 29.8 Å². The molecular weight excluding hydrogens is 761 g/mol. The van der Waals surface area contributed by atoms with Crippen molar-refractivity contribution >= 4 is 24.0 Å². The minimum absolute atomic E-state index is 0.107. The SMILES string of the molecule is C=C(C)[C@H](NC(=O)OC)C(=O)N1CCC[C@H]1c1ncc(-c2ccc(-c3ccc(-c4cnc([C@@H]5CCCN5C(=O)[C@@H](NC(=O)OC)C(C)C)[nH]4)c4c3C3CC5=C3C4C5)cc2)[nH]1. The third kappa shape index (κ3) is 6.56. The number of aromatic amines is 2. The average Bonchev–Trinajstić information content (AvgIpc) is 4.09. The van der Waals surface area contributed by atoms with Gasteiger partial charge in [0.15, 0.2) is 0 Å². The quantitative estimate of drug-likeness (QED) is 0.113. The second kappa shape index (κ2) is 15.4. The van der Waals surface area contributed by atoms with E-state index in [1.54, 1.807) is 23.0 Å². The Bertz CT molecular complexity index is 2430. The molecule has 5 aliphatic rings. The number of ether oxygens (including phenoxy) is 2. The monoisotopic (exact) mass is 812 g/mol. The van der Waals surface area contributed by atoms with Gasteiger partial charge in [0, 0.05) is 30.5 Å². The molecule has 0 saturated carbocycles. The first-order valence-corrected chi connectivity index (χ1v) is 21.0. The summed E-state index contributed by atoms with van der Waals surface area (Å²) < 4.78 is 9.56. The summed E-state index contributed by atoms with van der Waals surface area (Å²) in [5, 5.41) is 5.36. The number of hydrogen-bond donors (Lipinski definition) is 4. The van der Waals surface area contributed by atoms with Gasteiger partial charge in [0.25, 0.3) is 0 Å². The van der Waals surface area contributed by atoms with Crippen LogP contribution in [-0.2, 0) is 19.1 Å². The number of fused-ring (bicyclic) bond motifs is 3. The molecule has 2 unspecified atom stereocenters. The highest BCUT2D eigenvalue weighted by atomic mass is 16.5. The number of likely N-dealkylation sites (tertiary alicyclic amines) is 2. The van der Waals surface area contributed by atoms with E-state index in [2.05, 4.69) is 63.6 Å². The highest BCUT2D eigenvalue weighted by molar-refractivity contribution is 5.89. The largest absolute Gasteiger partial charge is 0.453 e. The Morgan fingerprint density at radius 3 is 1.87 bits per heavy atom. The fraction of sp³-hybridized carbons (Fsp3) is 0.435. The molecule has 2 saturated heterocycles. The molecule has 2 fully saturated rings. The number of methoxy groups -OCH3 is 2. The molecule has 3 aliphatic carbocycles. The van der Waals surface area contributed by atoms with Crippen LogP contribution in [0.15, 0.2) is 72.1 Å².